The molecule has 1 atom stereocenters. The van der Waals surface area contributed by atoms with Gasteiger partial charge in [-0.05, 0) is 69.5 Å². The molecule has 0 bridgehead atoms. The van der Waals surface area contributed by atoms with Crippen molar-refractivity contribution in [3.05, 3.63) is 47.2 Å². The Kier molecular flexibility index (Phi) is 7.16. The molecule has 0 spiro atoms. The van der Waals surface area contributed by atoms with Crippen molar-refractivity contribution < 1.29 is 14.4 Å². The molecule has 9 nitrogen and oxygen atoms in total. The molecular weight excluding hydrogens is 504 g/mol. The van der Waals surface area contributed by atoms with Crippen LogP contribution in [0.1, 0.15) is 67.9 Å². The zero-order valence-corrected chi connectivity index (χ0v) is 23.7. The summed E-state index contributed by atoms with van der Waals surface area (Å²) in [6, 6.07) is 4.46. The van der Waals surface area contributed by atoms with Crippen molar-refractivity contribution in [2.75, 3.05) is 39.8 Å². The maximum absolute atomic E-state index is 13.6. The third-order valence-electron chi connectivity index (χ3n) is 8.97. The summed E-state index contributed by atoms with van der Waals surface area (Å²) in [6.45, 7) is 6.85. The van der Waals surface area contributed by atoms with Gasteiger partial charge in [-0.3, -0.25) is 19.1 Å². The Morgan fingerprint density at radius 1 is 1.12 bits per heavy atom. The molecule has 2 fully saturated rings. The molecule has 2 aromatic rings. The highest BCUT2D eigenvalue weighted by molar-refractivity contribution is 6.08. The van der Waals surface area contributed by atoms with E-state index in [4.69, 9.17) is 5.10 Å². The first kappa shape index (κ1) is 26.6. The van der Waals surface area contributed by atoms with Crippen LogP contribution in [0.25, 0.3) is 16.5 Å². The number of aromatic nitrogens is 2. The Hall–Kier alpha value is -3.59. The van der Waals surface area contributed by atoms with Gasteiger partial charge >= 0.3 is 0 Å². The van der Waals surface area contributed by atoms with Crippen molar-refractivity contribution in [2.45, 2.75) is 52.0 Å². The molecule has 3 aliphatic heterocycles. The average Bonchev–Trinajstić information content (AvgIpc) is 3.60. The first-order valence-corrected chi connectivity index (χ1v) is 14.5. The molecule has 1 aliphatic carbocycles. The third kappa shape index (κ3) is 5.03. The maximum Gasteiger partial charge on any atom is 0.254 e. The number of carbonyl (C=O) groups is 3. The molecule has 1 aromatic heterocycles. The number of likely N-dealkylation sites (tertiary alicyclic amines) is 1. The van der Waals surface area contributed by atoms with E-state index in [9.17, 15) is 14.4 Å². The lowest BCUT2D eigenvalue weighted by Gasteiger charge is -2.39. The number of allylic oxidation sites excluding steroid dienone is 1. The summed E-state index contributed by atoms with van der Waals surface area (Å²) >= 11 is 0. The highest BCUT2D eigenvalue weighted by Gasteiger charge is 2.34. The number of carbonyl (C=O) groups excluding carboxylic acids is 3. The Labute approximate surface area is 235 Å². The van der Waals surface area contributed by atoms with Crippen molar-refractivity contribution in [1.82, 2.24) is 24.9 Å². The van der Waals surface area contributed by atoms with E-state index < -0.39 is 5.92 Å². The fourth-order valence-corrected chi connectivity index (χ4v) is 6.65. The second-order valence-corrected chi connectivity index (χ2v) is 11.9. The molecule has 1 aromatic carbocycles. The van der Waals surface area contributed by atoms with Gasteiger partial charge in [-0.25, -0.2) is 4.99 Å². The van der Waals surface area contributed by atoms with Gasteiger partial charge in [-0.2, -0.15) is 5.10 Å². The van der Waals surface area contributed by atoms with Gasteiger partial charge < -0.3 is 15.1 Å². The highest BCUT2D eigenvalue weighted by Crippen LogP contribution is 2.35. The molecule has 3 amide bonds. The quantitative estimate of drug-likeness (QED) is 0.601. The van der Waals surface area contributed by atoms with Crippen LogP contribution in [-0.2, 0) is 9.59 Å². The van der Waals surface area contributed by atoms with Crippen molar-refractivity contribution in [2.24, 2.45) is 16.8 Å². The van der Waals surface area contributed by atoms with Crippen LogP contribution in [0.4, 0.5) is 0 Å². The number of amides is 3. The summed E-state index contributed by atoms with van der Waals surface area (Å²) in [4.78, 5) is 47.2. The SMILES string of the molecule is CC1=CC(C)=NC(=O)C1CNC(=O)c1cc(C2=CCN(C(=O)C3CN(C)C3)CC2)cc2c1cnn2C1CCCC1. The molecule has 1 saturated heterocycles. The molecule has 4 aliphatic rings. The Morgan fingerprint density at radius 2 is 1.90 bits per heavy atom. The number of nitrogens with zero attached hydrogens (tertiary/aromatic N) is 5. The molecule has 0 radical (unpaired) electrons. The van der Waals surface area contributed by atoms with Crippen LogP contribution in [0.15, 0.2) is 41.0 Å². The van der Waals surface area contributed by atoms with E-state index in [1.54, 1.807) is 6.92 Å². The van der Waals surface area contributed by atoms with E-state index in [1.165, 1.54) is 12.8 Å². The summed E-state index contributed by atoms with van der Waals surface area (Å²) in [5.41, 5.74) is 5.29. The van der Waals surface area contributed by atoms with Gasteiger partial charge in [0.15, 0.2) is 0 Å². The monoisotopic (exact) mass is 542 g/mol. The van der Waals surface area contributed by atoms with Crippen LogP contribution in [0, 0.1) is 11.8 Å². The molecule has 1 N–H and O–H groups in total. The first-order chi connectivity index (χ1) is 19.3. The molecule has 4 heterocycles. The predicted molar refractivity (Wildman–Crippen MR) is 155 cm³/mol. The normalized spacial score (nSPS) is 22.7. The molecule has 6 rings (SSSR count). The number of hydrogen-bond acceptors (Lipinski definition) is 5. The lowest BCUT2D eigenvalue weighted by Crippen LogP contribution is -2.53. The highest BCUT2D eigenvalue weighted by atomic mass is 16.2. The van der Waals surface area contributed by atoms with Crippen LogP contribution in [0.3, 0.4) is 0 Å². The van der Waals surface area contributed by atoms with E-state index in [1.807, 2.05) is 37.2 Å². The summed E-state index contributed by atoms with van der Waals surface area (Å²) in [6.07, 6.45) is 11.2. The van der Waals surface area contributed by atoms with Crippen LogP contribution < -0.4 is 5.32 Å². The standard InChI is InChI=1S/C31H38N6O3/c1-19-12-20(2)34-30(39)26(19)15-32-29(38)25-13-22(14-28-27(25)16-33-37(28)24-6-4-5-7-24)21-8-10-36(11-9-21)31(40)23-17-35(3)18-23/h8,12-14,16,23-24,26H,4-7,9-11,15,17-18H2,1-3H3,(H,32,38). The second kappa shape index (κ2) is 10.8. The van der Waals surface area contributed by atoms with E-state index in [0.717, 1.165) is 60.0 Å². The van der Waals surface area contributed by atoms with Crippen molar-refractivity contribution in [3.63, 3.8) is 0 Å². The van der Waals surface area contributed by atoms with Crippen LogP contribution in [0.2, 0.25) is 0 Å². The number of rotatable bonds is 6. The molecule has 1 saturated carbocycles. The van der Waals surface area contributed by atoms with Gasteiger partial charge in [0.05, 0.1) is 35.2 Å². The van der Waals surface area contributed by atoms with Gasteiger partial charge in [-0.15, -0.1) is 0 Å². The number of hydrogen-bond donors (Lipinski definition) is 1. The minimum atomic E-state index is -0.451. The molecule has 210 valence electrons. The van der Waals surface area contributed by atoms with Crippen LogP contribution in [0.5, 0.6) is 0 Å². The largest absolute Gasteiger partial charge is 0.351 e. The van der Waals surface area contributed by atoms with E-state index in [2.05, 4.69) is 32.0 Å². The number of aliphatic imine (C=N–C) groups is 1. The topological polar surface area (TPSA) is 99.9 Å². The summed E-state index contributed by atoms with van der Waals surface area (Å²) in [7, 11) is 2.04. The number of nitrogens with one attached hydrogen (secondary N) is 1. The minimum absolute atomic E-state index is 0.108. The fourth-order valence-electron chi connectivity index (χ4n) is 6.65. The van der Waals surface area contributed by atoms with Crippen molar-refractivity contribution >= 4 is 39.9 Å². The summed E-state index contributed by atoms with van der Waals surface area (Å²) in [5.74, 6) is -0.536. The Morgan fingerprint density at radius 3 is 2.58 bits per heavy atom. The van der Waals surface area contributed by atoms with Gasteiger partial charge in [0.2, 0.25) is 5.91 Å². The molecule has 40 heavy (non-hydrogen) atoms. The smallest absolute Gasteiger partial charge is 0.254 e. The summed E-state index contributed by atoms with van der Waals surface area (Å²) < 4.78 is 2.10. The van der Waals surface area contributed by atoms with E-state index in [-0.39, 0.29) is 30.2 Å². The predicted octanol–water partition coefficient (Wildman–Crippen LogP) is 3.62. The van der Waals surface area contributed by atoms with Gasteiger partial charge in [0.25, 0.3) is 11.8 Å². The number of dihydropyridines is 1. The second-order valence-electron chi connectivity index (χ2n) is 11.9. The van der Waals surface area contributed by atoms with E-state index >= 15 is 0 Å². The molecule has 1 unspecified atom stereocenters. The lowest BCUT2D eigenvalue weighted by molar-refractivity contribution is -0.140. The average molecular weight is 543 g/mol. The molecular formula is C31H38N6O3. The van der Waals surface area contributed by atoms with Crippen molar-refractivity contribution in [3.8, 4) is 0 Å². The Bertz CT molecular complexity index is 1450. The van der Waals surface area contributed by atoms with Gasteiger partial charge in [0.1, 0.15) is 0 Å². The Balaban J connectivity index is 1.27. The first-order valence-electron chi connectivity index (χ1n) is 14.5. The summed E-state index contributed by atoms with van der Waals surface area (Å²) in [5, 5.41) is 8.58. The van der Waals surface area contributed by atoms with Gasteiger partial charge in [0, 0.05) is 43.8 Å². The third-order valence-corrected chi connectivity index (χ3v) is 8.97. The van der Waals surface area contributed by atoms with Gasteiger partial charge in [-0.1, -0.05) is 24.5 Å². The zero-order valence-electron chi connectivity index (χ0n) is 23.7. The minimum Gasteiger partial charge on any atom is -0.351 e. The van der Waals surface area contributed by atoms with Crippen molar-refractivity contribution in [1.29, 1.82) is 0 Å². The number of benzene rings is 1. The zero-order chi connectivity index (χ0) is 28.0. The lowest BCUT2D eigenvalue weighted by atomic mass is 9.93. The van der Waals surface area contributed by atoms with E-state index in [0.29, 0.717) is 30.4 Å². The molecule has 9 heteroatoms. The van der Waals surface area contributed by atoms with Crippen LogP contribution >= 0.6 is 0 Å². The van der Waals surface area contributed by atoms with Crippen LogP contribution in [-0.4, -0.2) is 82.8 Å². The number of fused-ring (bicyclic) bond motifs is 1. The fraction of sp³-hybridized carbons (Fsp3) is 0.516. The maximum atomic E-state index is 13.6.